The van der Waals surface area contributed by atoms with Crippen LogP contribution in [0.15, 0.2) is 101 Å². The molecule has 37 heavy (non-hydrogen) atoms. The highest BCUT2D eigenvalue weighted by molar-refractivity contribution is 7.89. The standard InChI is InChI=1S/C29H29N3O4S/c1-3-36-28-18-15-23(25-11-7-8-12-26(25)28)20-30-31-29(33)19-27(22-9-5-4-6-10-22)32-37(34,35)24-16-13-21(2)14-17-24/h4-18,20,27,32H,3,19H2,1-2H3,(H,31,33)/b30-20-/t27-/m0/s1. The monoisotopic (exact) mass is 515 g/mol. The highest BCUT2D eigenvalue weighted by atomic mass is 32.2. The SMILES string of the molecule is CCOc1ccc(/C=N\NC(=O)C[C@H](NS(=O)(=O)c2ccc(C)cc2)c2ccccc2)c2ccccc12. The summed E-state index contributed by atoms with van der Waals surface area (Å²) in [7, 11) is -3.85. The van der Waals surface area contributed by atoms with Gasteiger partial charge in [-0.05, 0) is 49.1 Å². The van der Waals surface area contributed by atoms with Crippen LogP contribution < -0.4 is 14.9 Å². The smallest absolute Gasteiger partial charge is 0.242 e. The molecule has 0 aliphatic rings. The first kappa shape index (κ1) is 26.1. The minimum Gasteiger partial charge on any atom is -0.493 e. The van der Waals surface area contributed by atoms with Gasteiger partial charge in [0.1, 0.15) is 5.75 Å². The lowest BCUT2D eigenvalue weighted by Crippen LogP contribution is -2.32. The van der Waals surface area contributed by atoms with Crippen molar-refractivity contribution in [1.82, 2.24) is 10.1 Å². The minimum atomic E-state index is -3.85. The van der Waals surface area contributed by atoms with E-state index in [1.54, 1.807) is 54.7 Å². The topological polar surface area (TPSA) is 96.9 Å². The first-order chi connectivity index (χ1) is 17.9. The van der Waals surface area contributed by atoms with Crippen molar-refractivity contribution in [3.8, 4) is 5.75 Å². The number of hydrogen-bond donors (Lipinski definition) is 2. The Kier molecular flexibility index (Phi) is 8.32. The molecule has 0 spiro atoms. The summed E-state index contributed by atoms with van der Waals surface area (Å²) in [5, 5.41) is 6.03. The van der Waals surface area contributed by atoms with Crippen molar-refractivity contribution in [3.05, 3.63) is 108 Å². The van der Waals surface area contributed by atoms with E-state index in [2.05, 4.69) is 15.2 Å². The number of benzene rings is 4. The zero-order chi connectivity index (χ0) is 26.3. The van der Waals surface area contributed by atoms with Gasteiger partial charge in [-0.1, -0.05) is 72.3 Å². The molecular formula is C29H29N3O4S. The van der Waals surface area contributed by atoms with E-state index in [1.807, 2.05) is 56.3 Å². The van der Waals surface area contributed by atoms with Crippen LogP contribution in [-0.2, 0) is 14.8 Å². The van der Waals surface area contributed by atoms with Crippen molar-refractivity contribution in [1.29, 1.82) is 0 Å². The van der Waals surface area contributed by atoms with E-state index in [4.69, 9.17) is 4.74 Å². The van der Waals surface area contributed by atoms with E-state index in [-0.39, 0.29) is 11.3 Å². The Hall–Kier alpha value is -4.01. The third-order valence-corrected chi connectivity index (χ3v) is 7.32. The van der Waals surface area contributed by atoms with E-state index >= 15 is 0 Å². The van der Waals surface area contributed by atoms with Gasteiger partial charge in [-0.15, -0.1) is 0 Å². The second-order valence-corrected chi connectivity index (χ2v) is 10.2. The lowest BCUT2D eigenvalue weighted by molar-refractivity contribution is -0.121. The lowest BCUT2D eigenvalue weighted by atomic mass is 10.0. The molecule has 4 rings (SSSR count). The lowest BCUT2D eigenvalue weighted by Gasteiger charge is -2.18. The van der Waals surface area contributed by atoms with Crippen LogP contribution >= 0.6 is 0 Å². The molecule has 0 aliphatic carbocycles. The highest BCUT2D eigenvalue weighted by Crippen LogP contribution is 2.28. The van der Waals surface area contributed by atoms with Crippen molar-refractivity contribution >= 4 is 32.9 Å². The second-order valence-electron chi connectivity index (χ2n) is 8.53. The van der Waals surface area contributed by atoms with Gasteiger partial charge in [0.15, 0.2) is 0 Å². The largest absolute Gasteiger partial charge is 0.493 e. The molecule has 1 amide bonds. The number of ether oxygens (including phenoxy) is 1. The molecule has 4 aromatic rings. The molecule has 0 radical (unpaired) electrons. The van der Waals surface area contributed by atoms with Gasteiger partial charge < -0.3 is 4.74 Å². The van der Waals surface area contributed by atoms with Gasteiger partial charge >= 0.3 is 0 Å². The number of amides is 1. The number of hydrazone groups is 1. The first-order valence-corrected chi connectivity index (χ1v) is 13.5. The van der Waals surface area contributed by atoms with Crippen LogP contribution in [0.2, 0.25) is 0 Å². The minimum absolute atomic E-state index is 0.129. The zero-order valence-corrected chi connectivity index (χ0v) is 21.5. The van der Waals surface area contributed by atoms with Gasteiger partial charge in [-0.25, -0.2) is 18.6 Å². The van der Waals surface area contributed by atoms with Gasteiger partial charge in [0.25, 0.3) is 0 Å². The average molecular weight is 516 g/mol. The summed E-state index contributed by atoms with van der Waals surface area (Å²) in [6, 6.07) is 26.4. The van der Waals surface area contributed by atoms with E-state index in [1.165, 1.54) is 0 Å². The summed E-state index contributed by atoms with van der Waals surface area (Å²) in [5.74, 6) is 0.359. The summed E-state index contributed by atoms with van der Waals surface area (Å²) in [4.78, 5) is 12.9. The van der Waals surface area contributed by atoms with Crippen LogP contribution in [0, 0.1) is 6.92 Å². The molecule has 0 saturated heterocycles. The Bertz CT molecular complexity index is 1500. The van der Waals surface area contributed by atoms with Gasteiger partial charge in [0.05, 0.1) is 23.8 Å². The number of carbonyl (C=O) groups excluding carboxylic acids is 1. The number of nitrogens with zero attached hydrogens (tertiary/aromatic N) is 1. The summed E-state index contributed by atoms with van der Waals surface area (Å²) >= 11 is 0. The highest BCUT2D eigenvalue weighted by Gasteiger charge is 2.23. The molecule has 4 aromatic carbocycles. The number of rotatable bonds is 10. The molecular weight excluding hydrogens is 486 g/mol. The molecule has 0 unspecified atom stereocenters. The maximum absolute atomic E-state index is 13.0. The quantitative estimate of drug-likeness (QED) is 0.227. The predicted octanol–water partition coefficient (Wildman–Crippen LogP) is 5.11. The fourth-order valence-corrected chi connectivity index (χ4v) is 5.20. The molecule has 7 nitrogen and oxygen atoms in total. The normalized spacial score (nSPS) is 12.5. The Morgan fingerprint density at radius 1 is 0.919 bits per heavy atom. The fraction of sp³-hybridized carbons (Fsp3) is 0.172. The molecule has 0 aromatic heterocycles. The second kappa shape index (κ2) is 11.8. The van der Waals surface area contributed by atoms with Crippen LogP contribution in [-0.4, -0.2) is 27.1 Å². The van der Waals surface area contributed by atoms with E-state index < -0.39 is 22.0 Å². The number of carbonyl (C=O) groups is 1. The summed E-state index contributed by atoms with van der Waals surface area (Å²) < 4.78 is 34.4. The fourth-order valence-electron chi connectivity index (χ4n) is 3.98. The summed E-state index contributed by atoms with van der Waals surface area (Å²) in [5.41, 5.74) is 4.98. The molecule has 0 bridgehead atoms. The third kappa shape index (κ3) is 6.61. The molecule has 0 saturated carbocycles. The van der Waals surface area contributed by atoms with Crippen LogP contribution in [0.3, 0.4) is 0 Å². The average Bonchev–Trinajstić information content (AvgIpc) is 2.90. The van der Waals surface area contributed by atoms with Crippen molar-refractivity contribution in [2.75, 3.05) is 6.61 Å². The van der Waals surface area contributed by atoms with Crippen molar-refractivity contribution in [2.45, 2.75) is 31.2 Å². The zero-order valence-electron chi connectivity index (χ0n) is 20.7. The van der Waals surface area contributed by atoms with Crippen LogP contribution in [0.25, 0.3) is 10.8 Å². The number of sulfonamides is 1. The van der Waals surface area contributed by atoms with Crippen molar-refractivity contribution in [2.24, 2.45) is 5.10 Å². The van der Waals surface area contributed by atoms with E-state index in [0.29, 0.717) is 12.2 Å². The first-order valence-electron chi connectivity index (χ1n) is 12.0. The van der Waals surface area contributed by atoms with E-state index in [0.717, 1.165) is 27.6 Å². The molecule has 0 aliphatic heterocycles. The van der Waals surface area contributed by atoms with Gasteiger partial charge in [0, 0.05) is 17.4 Å². The van der Waals surface area contributed by atoms with Crippen LogP contribution in [0.5, 0.6) is 5.75 Å². The number of fused-ring (bicyclic) bond motifs is 1. The molecule has 190 valence electrons. The Morgan fingerprint density at radius 2 is 1.59 bits per heavy atom. The molecule has 1 atom stereocenters. The van der Waals surface area contributed by atoms with Crippen LogP contribution in [0.1, 0.15) is 36.1 Å². The van der Waals surface area contributed by atoms with E-state index in [9.17, 15) is 13.2 Å². The molecule has 0 fully saturated rings. The Morgan fingerprint density at radius 3 is 2.30 bits per heavy atom. The van der Waals surface area contributed by atoms with Gasteiger partial charge in [0.2, 0.25) is 15.9 Å². The summed E-state index contributed by atoms with van der Waals surface area (Å²) in [6.07, 6.45) is 1.44. The van der Waals surface area contributed by atoms with Crippen molar-refractivity contribution < 1.29 is 17.9 Å². The van der Waals surface area contributed by atoms with Gasteiger partial charge in [-0.2, -0.15) is 5.10 Å². The maximum Gasteiger partial charge on any atom is 0.242 e. The number of nitrogens with one attached hydrogen (secondary N) is 2. The van der Waals surface area contributed by atoms with Crippen LogP contribution in [0.4, 0.5) is 0 Å². The van der Waals surface area contributed by atoms with Crippen molar-refractivity contribution in [3.63, 3.8) is 0 Å². The molecule has 8 heteroatoms. The van der Waals surface area contributed by atoms with Gasteiger partial charge in [-0.3, -0.25) is 4.79 Å². The Balaban J connectivity index is 1.50. The maximum atomic E-state index is 13.0. The number of hydrogen-bond acceptors (Lipinski definition) is 5. The summed E-state index contributed by atoms with van der Waals surface area (Å²) in [6.45, 7) is 4.38. The Labute approximate surface area is 217 Å². The number of aryl methyl sites for hydroxylation is 1. The third-order valence-electron chi connectivity index (χ3n) is 5.83. The predicted molar refractivity (Wildman–Crippen MR) is 146 cm³/mol. The molecule has 0 heterocycles. The molecule has 2 N–H and O–H groups in total.